The maximum Gasteiger partial charge on any atom is 0.187 e. The molecule has 15 N–H and O–H groups in total. The third-order valence-electron chi connectivity index (χ3n) is 10.5. The van der Waals surface area contributed by atoms with Crippen LogP contribution in [-0.4, -0.2) is 263 Å². The number of ether oxygens (including phenoxy) is 10. The highest BCUT2D eigenvalue weighted by atomic mass is 16.8. The number of rotatable bonds is 4. The van der Waals surface area contributed by atoms with E-state index >= 15 is 0 Å². The Morgan fingerprint density at radius 1 is 0.291 bits per heavy atom. The first kappa shape index (κ1) is 43.6. The van der Waals surface area contributed by atoms with Crippen molar-refractivity contribution in [3.63, 3.8) is 0 Å². The average Bonchev–Trinajstić information content (AvgIpc) is 3.18. The van der Waals surface area contributed by atoms with Crippen molar-refractivity contribution in [1.82, 2.24) is 0 Å². The lowest BCUT2D eigenvalue weighted by molar-refractivity contribution is -0.390. The van der Waals surface area contributed by atoms with Gasteiger partial charge in [-0.2, -0.15) is 0 Å². The van der Waals surface area contributed by atoms with Gasteiger partial charge in [-0.1, -0.05) is 0 Å². The molecular weight excluding hydrogens is 760 g/mol. The van der Waals surface area contributed by atoms with Crippen LogP contribution in [0.1, 0.15) is 0 Å². The molecule has 10 bridgehead atoms. The van der Waals surface area contributed by atoms with Gasteiger partial charge in [0.2, 0.25) is 0 Å². The Morgan fingerprint density at radius 2 is 0.564 bits per heavy atom. The van der Waals surface area contributed by atoms with Crippen molar-refractivity contribution >= 4 is 0 Å². The number of hydrogen-bond donors (Lipinski definition) is 15. The molecule has 13 rings (SSSR count). The van der Waals surface area contributed by atoms with Gasteiger partial charge in [0, 0.05) is 0 Å². The second-order valence-electron chi connectivity index (χ2n) is 14.1. The summed E-state index contributed by atoms with van der Waals surface area (Å²) in [5.74, 6) is 0. The van der Waals surface area contributed by atoms with E-state index in [9.17, 15) is 76.6 Å². The summed E-state index contributed by atoms with van der Waals surface area (Å²) in [6.45, 7) is -4.48. The highest BCUT2D eigenvalue weighted by molar-refractivity contribution is 4.99. The fraction of sp³-hybridized carbons (Fsp3) is 1.00. The molecule has 0 aliphatic carbocycles. The first-order chi connectivity index (χ1) is 26.1. The minimum absolute atomic E-state index is 0.754. The molecule has 25 atom stereocenters. The molecule has 0 aromatic rings. The normalized spacial score (nSPS) is 55.6. The number of aliphatic hydroxyl groups excluding tert-OH is 15. The first-order valence-corrected chi connectivity index (χ1v) is 17.6. The van der Waals surface area contributed by atoms with E-state index in [1.54, 1.807) is 0 Å². The Kier molecular flexibility index (Phi) is 14.3. The molecule has 0 spiro atoms. The highest BCUT2D eigenvalue weighted by Gasteiger charge is 2.57. The largest absolute Gasteiger partial charge is 0.394 e. The van der Waals surface area contributed by atoms with E-state index in [0.717, 1.165) is 0 Å². The van der Waals surface area contributed by atoms with Crippen LogP contribution in [0.2, 0.25) is 0 Å². The van der Waals surface area contributed by atoms with Gasteiger partial charge in [-0.3, -0.25) is 0 Å². The minimum Gasteiger partial charge on any atom is -0.394 e. The molecule has 0 radical (unpaired) electrons. The number of hydrogen-bond acceptors (Lipinski definition) is 25. The average molecular weight is 811 g/mol. The highest BCUT2D eigenvalue weighted by Crippen LogP contribution is 2.36. The topological polar surface area (TPSA) is 396 Å². The minimum atomic E-state index is -2.08. The third-order valence-corrected chi connectivity index (χ3v) is 10.5. The molecule has 0 amide bonds. The third kappa shape index (κ3) is 8.41. The molecule has 13 heterocycles. The fourth-order valence-corrected chi connectivity index (χ4v) is 7.33. The molecule has 0 aromatic heterocycles. The van der Waals surface area contributed by atoms with Gasteiger partial charge in [0.25, 0.3) is 0 Å². The Bertz CT molecular complexity index is 1180. The second-order valence-corrected chi connectivity index (χ2v) is 14.1. The number of aliphatic hydroxyl groups is 15. The standard InChI is InChI=1S/C30H50O25/c31-1-6-22-13(37)18(42)26(47-6)46-5-10-11(35)12(36)17(41)27(51-10)52-23-7(2-32)48-29(19(43)14(23)38)54-25-9(4-34)50-30(21(45)16(25)40)55-24-8(3-33)49-28(53-22)20(44)15(24)39/h6-45H,1-5H2/t6-,7-,8-,9-,10-,11-,12+,13-,14-,15-,16-,17-,18-,19-,20-,21-,22-,23-,24-,25-,26+,27-,28-,29-,30-/m1/s1. The van der Waals surface area contributed by atoms with Crippen LogP contribution in [0.5, 0.6) is 0 Å². The first-order valence-electron chi connectivity index (χ1n) is 17.6. The zero-order chi connectivity index (χ0) is 40.0. The van der Waals surface area contributed by atoms with Crippen molar-refractivity contribution in [2.24, 2.45) is 0 Å². The van der Waals surface area contributed by atoms with Crippen LogP contribution in [0.25, 0.3) is 0 Å². The molecule has 13 aliphatic rings. The Hall–Kier alpha value is -1.00. The second kappa shape index (κ2) is 18.1. The van der Waals surface area contributed by atoms with Gasteiger partial charge in [0.05, 0.1) is 33.0 Å². The van der Waals surface area contributed by atoms with Gasteiger partial charge < -0.3 is 124 Å². The van der Waals surface area contributed by atoms with E-state index < -0.39 is 187 Å². The molecule has 13 aliphatic heterocycles. The van der Waals surface area contributed by atoms with Crippen LogP contribution < -0.4 is 0 Å². The summed E-state index contributed by atoms with van der Waals surface area (Å²) in [6, 6.07) is 0. The summed E-state index contributed by atoms with van der Waals surface area (Å²) in [5.41, 5.74) is 0. The predicted molar refractivity (Wildman–Crippen MR) is 163 cm³/mol. The predicted octanol–water partition coefficient (Wildman–Crippen LogP) is -10.9. The maximum atomic E-state index is 11.1. The summed E-state index contributed by atoms with van der Waals surface area (Å²) in [7, 11) is 0. The molecule has 0 unspecified atom stereocenters. The van der Waals surface area contributed by atoms with Gasteiger partial charge in [-0.15, -0.1) is 0 Å². The van der Waals surface area contributed by atoms with E-state index in [2.05, 4.69) is 0 Å². The van der Waals surface area contributed by atoms with E-state index in [1.165, 1.54) is 0 Å². The molecule has 25 heteroatoms. The van der Waals surface area contributed by atoms with Crippen molar-refractivity contribution in [2.75, 3.05) is 33.0 Å². The molecule has 0 saturated carbocycles. The summed E-state index contributed by atoms with van der Waals surface area (Å²) < 4.78 is 56.1. The quantitative estimate of drug-likeness (QED) is 0.125. The molecule has 13 saturated heterocycles. The van der Waals surface area contributed by atoms with Crippen LogP contribution in [0.3, 0.4) is 0 Å². The lowest BCUT2D eigenvalue weighted by Crippen LogP contribution is -2.67. The SMILES string of the molecule is OC[C@H]1O[C@@H]2O[C@H]3[C@H](O)[C@@H](O)[C@@H](O[C@H]4[C@H](O)[C@@H](O)[C@@H](O[C@H]5[C@H](O)[C@@H](O)[C@@H](OC[C@H]6O[C@H](O[C@H]1[C@H](O)[C@H]2O)[C@H](O)[C@@H](O)[C@@H]6O)O[C@@H]5CO)O[C@@H]4CO)O[C@@H]3CO. The van der Waals surface area contributed by atoms with Crippen molar-refractivity contribution in [3.8, 4) is 0 Å². The van der Waals surface area contributed by atoms with Crippen molar-refractivity contribution in [2.45, 2.75) is 154 Å². The van der Waals surface area contributed by atoms with Crippen molar-refractivity contribution < 1.29 is 124 Å². The van der Waals surface area contributed by atoms with Gasteiger partial charge in [0.1, 0.15) is 122 Å². The van der Waals surface area contributed by atoms with E-state index in [4.69, 9.17) is 47.4 Å². The van der Waals surface area contributed by atoms with Crippen LogP contribution in [0, 0.1) is 0 Å². The monoisotopic (exact) mass is 810 g/mol. The van der Waals surface area contributed by atoms with Gasteiger partial charge in [-0.25, -0.2) is 0 Å². The summed E-state index contributed by atoms with van der Waals surface area (Å²) in [6.07, 6.45) is -46.5. The van der Waals surface area contributed by atoms with Crippen molar-refractivity contribution in [3.05, 3.63) is 0 Å². The lowest BCUT2D eigenvalue weighted by atomic mass is 9.95. The van der Waals surface area contributed by atoms with E-state index in [1.807, 2.05) is 0 Å². The lowest BCUT2D eigenvalue weighted by Gasteiger charge is -2.49. The molecule has 55 heavy (non-hydrogen) atoms. The summed E-state index contributed by atoms with van der Waals surface area (Å²) in [5, 5.41) is 161. The Balaban J connectivity index is 1.32. The molecule has 320 valence electrons. The smallest absolute Gasteiger partial charge is 0.187 e. The maximum absolute atomic E-state index is 11.1. The summed E-state index contributed by atoms with van der Waals surface area (Å²) in [4.78, 5) is 0. The van der Waals surface area contributed by atoms with Crippen LogP contribution in [0.4, 0.5) is 0 Å². The van der Waals surface area contributed by atoms with Crippen LogP contribution in [0.15, 0.2) is 0 Å². The van der Waals surface area contributed by atoms with Gasteiger partial charge >= 0.3 is 0 Å². The zero-order valence-corrected chi connectivity index (χ0v) is 28.8. The molecule has 25 nitrogen and oxygen atoms in total. The van der Waals surface area contributed by atoms with Gasteiger partial charge in [-0.05, 0) is 0 Å². The Morgan fingerprint density at radius 3 is 0.891 bits per heavy atom. The van der Waals surface area contributed by atoms with Crippen LogP contribution >= 0.6 is 0 Å². The van der Waals surface area contributed by atoms with E-state index in [-0.39, 0.29) is 0 Å². The van der Waals surface area contributed by atoms with Crippen molar-refractivity contribution in [1.29, 1.82) is 0 Å². The fourth-order valence-electron chi connectivity index (χ4n) is 7.33. The molecule has 0 aromatic carbocycles. The summed E-state index contributed by atoms with van der Waals surface area (Å²) >= 11 is 0. The van der Waals surface area contributed by atoms with Crippen LogP contribution in [-0.2, 0) is 47.4 Å². The van der Waals surface area contributed by atoms with E-state index in [0.29, 0.717) is 0 Å². The Labute approximate surface area is 310 Å². The van der Waals surface area contributed by atoms with Gasteiger partial charge in [0.15, 0.2) is 31.5 Å². The zero-order valence-electron chi connectivity index (χ0n) is 28.8. The molecular formula is C30H50O25. The molecule has 13 fully saturated rings.